The molecule has 2 rings (SSSR count). The van der Waals surface area contributed by atoms with Crippen molar-refractivity contribution in [2.24, 2.45) is 0 Å². The van der Waals surface area contributed by atoms with E-state index in [2.05, 4.69) is 26.3 Å². The summed E-state index contributed by atoms with van der Waals surface area (Å²) in [6.45, 7) is 1.43. The zero-order chi connectivity index (χ0) is 18.1. The number of methoxy groups -OCH3 is 1. The first kappa shape index (κ1) is 19.6. The molecular weight excluding hydrogens is 410 g/mol. The number of aromatic nitrogens is 2. The molecule has 1 aromatic carbocycles. The van der Waals surface area contributed by atoms with Gasteiger partial charge in [-0.3, -0.25) is 4.79 Å². The summed E-state index contributed by atoms with van der Waals surface area (Å²) in [5.74, 6) is 1.34. The number of nitrogens with zero attached hydrogens (tertiary/aromatic N) is 2. The molecule has 0 atom stereocenters. The minimum absolute atomic E-state index is 0.145. The first-order valence-electron chi connectivity index (χ1n) is 7.98. The first-order chi connectivity index (χ1) is 12.2. The fraction of sp³-hybridized carbons (Fsp3) is 0.412. The topological polar surface area (TPSA) is 65.4 Å². The molecule has 0 unspecified atom stereocenters. The monoisotopic (exact) mass is 429 g/mol. The minimum Gasteiger partial charge on any atom is -0.493 e. The average molecular weight is 431 g/mol. The molecule has 0 spiro atoms. The van der Waals surface area contributed by atoms with Crippen LogP contribution in [0.25, 0.3) is 0 Å². The highest BCUT2D eigenvalue weighted by atomic mass is 79.9. The number of para-hydroxylation sites is 2. The Balaban J connectivity index is 1.88. The lowest BCUT2D eigenvalue weighted by atomic mass is 10.3. The van der Waals surface area contributed by atoms with Crippen molar-refractivity contribution < 1.29 is 9.47 Å². The fourth-order valence-corrected chi connectivity index (χ4v) is 2.80. The SMILES string of the molecule is COc1ccccc1OCCNc1cnn(CCCCBr)c(=O)c1Cl. The lowest BCUT2D eigenvalue weighted by Gasteiger charge is -2.12. The van der Waals surface area contributed by atoms with E-state index in [9.17, 15) is 4.79 Å². The van der Waals surface area contributed by atoms with Crippen LogP contribution in [0.2, 0.25) is 5.02 Å². The van der Waals surface area contributed by atoms with E-state index in [0.29, 0.717) is 36.9 Å². The van der Waals surface area contributed by atoms with E-state index < -0.39 is 0 Å². The minimum atomic E-state index is -0.285. The van der Waals surface area contributed by atoms with Crippen LogP contribution in [0.15, 0.2) is 35.3 Å². The van der Waals surface area contributed by atoms with Crippen LogP contribution in [0.3, 0.4) is 0 Å². The third-order valence-corrected chi connectivity index (χ3v) is 4.41. The molecule has 1 N–H and O–H groups in total. The van der Waals surface area contributed by atoms with Crippen LogP contribution in [0, 0.1) is 0 Å². The van der Waals surface area contributed by atoms with E-state index in [0.717, 1.165) is 18.2 Å². The van der Waals surface area contributed by atoms with E-state index >= 15 is 0 Å². The molecular formula is C17H21BrClN3O3. The molecule has 0 aliphatic heterocycles. The van der Waals surface area contributed by atoms with Gasteiger partial charge in [0.25, 0.3) is 5.56 Å². The summed E-state index contributed by atoms with van der Waals surface area (Å²) in [6, 6.07) is 7.42. The number of hydrogen-bond acceptors (Lipinski definition) is 5. The summed E-state index contributed by atoms with van der Waals surface area (Å²) in [5.41, 5.74) is 0.221. The molecule has 0 aliphatic rings. The number of ether oxygens (including phenoxy) is 2. The van der Waals surface area contributed by atoms with Gasteiger partial charge in [-0.05, 0) is 25.0 Å². The highest BCUT2D eigenvalue weighted by Gasteiger charge is 2.09. The summed E-state index contributed by atoms with van der Waals surface area (Å²) in [4.78, 5) is 12.2. The van der Waals surface area contributed by atoms with Crippen LogP contribution in [-0.2, 0) is 6.54 Å². The molecule has 0 amide bonds. The molecule has 25 heavy (non-hydrogen) atoms. The summed E-state index contributed by atoms with van der Waals surface area (Å²) in [7, 11) is 1.60. The van der Waals surface area contributed by atoms with Crippen LogP contribution < -0.4 is 20.3 Å². The number of hydrogen-bond donors (Lipinski definition) is 1. The Morgan fingerprint density at radius 1 is 1.28 bits per heavy atom. The molecule has 0 bridgehead atoms. The Morgan fingerprint density at radius 3 is 2.76 bits per heavy atom. The highest BCUT2D eigenvalue weighted by Crippen LogP contribution is 2.25. The Labute approximate surface area is 160 Å². The van der Waals surface area contributed by atoms with Crippen molar-refractivity contribution in [1.29, 1.82) is 0 Å². The standard InChI is InChI=1S/C17H21BrClN3O3/c1-24-14-6-2-3-7-15(14)25-11-9-20-13-12-21-22(10-5-4-8-18)17(23)16(13)19/h2-3,6-7,12,20H,4-5,8-11H2,1H3. The van der Waals surface area contributed by atoms with Crippen LogP contribution in [0.5, 0.6) is 11.5 Å². The maximum atomic E-state index is 12.2. The number of unbranched alkanes of at least 4 members (excludes halogenated alkanes) is 1. The zero-order valence-corrected chi connectivity index (χ0v) is 16.3. The predicted octanol–water partition coefficient (Wildman–Crippen LogP) is 3.57. The maximum Gasteiger partial charge on any atom is 0.287 e. The quantitative estimate of drug-likeness (QED) is 0.461. The third kappa shape index (κ3) is 5.64. The first-order valence-corrected chi connectivity index (χ1v) is 9.48. The normalized spacial score (nSPS) is 10.5. The molecule has 2 aromatic rings. The van der Waals surface area contributed by atoms with Gasteiger partial charge in [0.1, 0.15) is 11.6 Å². The van der Waals surface area contributed by atoms with Gasteiger partial charge in [-0.25, -0.2) is 4.68 Å². The van der Waals surface area contributed by atoms with E-state index in [4.69, 9.17) is 21.1 Å². The average Bonchev–Trinajstić information content (AvgIpc) is 2.64. The second-order valence-corrected chi connectivity index (χ2v) is 6.39. The van der Waals surface area contributed by atoms with Crippen molar-refractivity contribution in [3.05, 3.63) is 45.8 Å². The van der Waals surface area contributed by atoms with E-state index in [1.54, 1.807) is 13.3 Å². The predicted molar refractivity (Wildman–Crippen MR) is 104 cm³/mol. The number of benzene rings is 1. The van der Waals surface area contributed by atoms with Gasteiger partial charge < -0.3 is 14.8 Å². The zero-order valence-electron chi connectivity index (χ0n) is 14.0. The van der Waals surface area contributed by atoms with Crippen LogP contribution in [0.4, 0.5) is 5.69 Å². The number of alkyl halides is 1. The van der Waals surface area contributed by atoms with Gasteiger partial charge in [-0.1, -0.05) is 39.7 Å². The maximum absolute atomic E-state index is 12.2. The lowest BCUT2D eigenvalue weighted by molar-refractivity contribution is 0.306. The van der Waals surface area contributed by atoms with Gasteiger partial charge >= 0.3 is 0 Å². The van der Waals surface area contributed by atoms with Crippen molar-refractivity contribution in [1.82, 2.24) is 9.78 Å². The largest absolute Gasteiger partial charge is 0.493 e. The summed E-state index contributed by atoms with van der Waals surface area (Å²) < 4.78 is 12.3. The van der Waals surface area contributed by atoms with E-state index in [1.807, 2.05) is 24.3 Å². The number of anilines is 1. The van der Waals surface area contributed by atoms with Crippen molar-refractivity contribution in [2.75, 3.05) is 30.9 Å². The van der Waals surface area contributed by atoms with Crippen LogP contribution in [0.1, 0.15) is 12.8 Å². The smallest absolute Gasteiger partial charge is 0.287 e. The molecule has 0 saturated carbocycles. The molecule has 0 radical (unpaired) electrons. The fourth-order valence-electron chi connectivity index (χ4n) is 2.19. The van der Waals surface area contributed by atoms with Crippen LogP contribution in [-0.4, -0.2) is 35.4 Å². The molecule has 0 fully saturated rings. The van der Waals surface area contributed by atoms with Gasteiger partial charge in [-0.15, -0.1) is 0 Å². The van der Waals surface area contributed by atoms with E-state index in [-0.39, 0.29) is 10.6 Å². The molecule has 0 aliphatic carbocycles. The summed E-state index contributed by atoms with van der Waals surface area (Å²) >= 11 is 9.51. The third-order valence-electron chi connectivity index (χ3n) is 3.48. The Morgan fingerprint density at radius 2 is 2.04 bits per heavy atom. The van der Waals surface area contributed by atoms with Gasteiger partial charge in [-0.2, -0.15) is 5.10 Å². The van der Waals surface area contributed by atoms with Crippen molar-refractivity contribution >= 4 is 33.2 Å². The Bertz CT molecular complexity index is 739. The Hall–Kier alpha value is -1.73. The van der Waals surface area contributed by atoms with Gasteiger partial charge in [0.15, 0.2) is 11.5 Å². The van der Waals surface area contributed by atoms with Crippen LogP contribution >= 0.6 is 27.5 Å². The highest BCUT2D eigenvalue weighted by molar-refractivity contribution is 9.09. The summed E-state index contributed by atoms with van der Waals surface area (Å²) in [5, 5.41) is 8.28. The lowest BCUT2D eigenvalue weighted by Crippen LogP contribution is -2.25. The van der Waals surface area contributed by atoms with Crippen molar-refractivity contribution in [2.45, 2.75) is 19.4 Å². The number of nitrogens with one attached hydrogen (secondary N) is 1. The second-order valence-electron chi connectivity index (χ2n) is 5.22. The van der Waals surface area contributed by atoms with E-state index in [1.165, 1.54) is 4.68 Å². The molecule has 1 heterocycles. The molecule has 0 saturated heterocycles. The molecule has 136 valence electrons. The Kier molecular flexibility index (Phi) is 8.08. The number of aryl methyl sites for hydroxylation is 1. The second kappa shape index (κ2) is 10.3. The number of halogens is 2. The number of rotatable bonds is 10. The van der Waals surface area contributed by atoms with Crippen molar-refractivity contribution in [3.8, 4) is 11.5 Å². The van der Waals surface area contributed by atoms with Gasteiger partial charge in [0, 0.05) is 18.4 Å². The van der Waals surface area contributed by atoms with Gasteiger partial charge in [0.2, 0.25) is 0 Å². The molecule has 1 aromatic heterocycles. The molecule has 8 heteroatoms. The van der Waals surface area contributed by atoms with Gasteiger partial charge in [0.05, 0.1) is 19.0 Å². The molecule has 6 nitrogen and oxygen atoms in total. The van der Waals surface area contributed by atoms with Crippen molar-refractivity contribution in [3.63, 3.8) is 0 Å². The summed E-state index contributed by atoms with van der Waals surface area (Å²) in [6.07, 6.45) is 3.42.